The van der Waals surface area contributed by atoms with E-state index < -0.39 is 18.2 Å². The number of amides is 2. The molecule has 0 bridgehead atoms. The van der Waals surface area contributed by atoms with E-state index in [1.165, 1.54) is 0 Å². The van der Waals surface area contributed by atoms with Gasteiger partial charge in [-0.3, -0.25) is 0 Å². The van der Waals surface area contributed by atoms with Crippen molar-refractivity contribution in [2.45, 2.75) is 31.9 Å². The van der Waals surface area contributed by atoms with Crippen molar-refractivity contribution in [3.8, 4) is 0 Å². The molecule has 26 heavy (non-hydrogen) atoms. The molecule has 0 saturated heterocycles. The van der Waals surface area contributed by atoms with Gasteiger partial charge in [-0.15, -0.1) is 0 Å². The predicted octanol–water partition coefficient (Wildman–Crippen LogP) is 3.03. The van der Waals surface area contributed by atoms with E-state index in [1.807, 2.05) is 31.2 Å². The number of nitrogens with one attached hydrogen (secondary N) is 2. The topological polar surface area (TPSA) is 87.7 Å². The van der Waals surface area contributed by atoms with Crippen molar-refractivity contribution >= 4 is 17.7 Å². The molecule has 6 nitrogen and oxygen atoms in total. The first-order valence-electron chi connectivity index (χ1n) is 8.69. The second-order valence-electron chi connectivity index (χ2n) is 6.26. The van der Waals surface area contributed by atoms with Crippen molar-refractivity contribution in [3.05, 3.63) is 65.2 Å². The van der Waals surface area contributed by atoms with E-state index in [0.29, 0.717) is 24.3 Å². The highest BCUT2D eigenvalue weighted by Crippen LogP contribution is 2.31. The van der Waals surface area contributed by atoms with Crippen LogP contribution in [-0.4, -0.2) is 29.8 Å². The van der Waals surface area contributed by atoms with Gasteiger partial charge in [-0.05, 0) is 41.8 Å². The lowest BCUT2D eigenvalue weighted by molar-refractivity contribution is 0.0505. The average Bonchev–Trinajstić information content (AvgIpc) is 2.96. The smallest absolute Gasteiger partial charge is 0.338 e. The van der Waals surface area contributed by atoms with Crippen LogP contribution in [0.3, 0.4) is 0 Å². The molecule has 1 aliphatic rings. The van der Waals surface area contributed by atoms with Crippen LogP contribution >= 0.6 is 0 Å². The highest BCUT2D eigenvalue weighted by atomic mass is 16.5. The Morgan fingerprint density at radius 1 is 1.15 bits per heavy atom. The molecule has 136 valence electrons. The second-order valence-corrected chi connectivity index (χ2v) is 6.26. The Balaban J connectivity index is 1.59. The monoisotopic (exact) mass is 354 g/mol. The van der Waals surface area contributed by atoms with Gasteiger partial charge in [-0.1, -0.05) is 31.2 Å². The minimum atomic E-state index is -0.645. The van der Waals surface area contributed by atoms with Crippen LogP contribution in [0, 0.1) is 0 Å². The maximum atomic E-state index is 12.3. The Kier molecular flexibility index (Phi) is 5.53. The quantitative estimate of drug-likeness (QED) is 0.720. The number of aliphatic hydroxyl groups excluding tert-OH is 1. The summed E-state index contributed by atoms with van der Waals surface area (Å²) in [5, 5.41) is 15.7. The van der Waals surface area contributed by atoms with E-state index >= 15 is 0 Å². The lowest BCUT2D eigenvalue weighted by Crippen LogP contribution is -2.36. The summed E-state index contributed by atoms with van der Waals surface area (Å²) in [5.74, 6) is -0.381. The number of carbonyl (C=O) groups is 2. The molecule has 3 rings (SSSR count). The summed E-state index contributed by atoms with van der Waals surface area (Å²) in [6.07, 6.45) is 0.645. The van der Waals surface area contributed by atoms with Crippen LogP contribution in [0.5, 0.6) is 0 Å². The summed E-state index contributed by atoms with van der Waals surface area (Å²) in [6, 6.07) is 13.3. The Morgan fingerprint density at radius 3 is 2.62 bits per heavy atom. The minimum Gasteiger partial charge on any atom is -0.462 e. The maximum Gasteiger partial charge on any atom is 0.338 e. The van der Waals surface area contributed by atoms with E-state index in [2.05, 4.69) is 10.6 Å². The summed E-state index contributed by atoms with van der Waals surface area (Å²) in [6.45, 7) is 2.31. The van der Waals surface area contributed by atoms with Crippen LogP contribution < -0.4 is 10.6 Å². The van der Waals surface area contributed by atoms with Crippen molar-refractivity contribution in [2.24, 2.45) is 0 Å². The van der Waals surface area contributed by atoms with Gasteiger partial charge in [0.1, 0.15) is 0 Å². The fraction of sp³-hybridized carbons (Fsp3) is 0.300. The molecule has 3 N–H and O–H groups in total. The van der Waals surface area contributed by atoms with Gasteiger partial charge in [0.05, 0.1) is 24.3 Å². The molecular weight excluding hydrogens is 332 g/mol. The van der Waals surface area contributed by atoms with Crippen LogP contribution in [0.25, 0.3) is 0 Å². The molecule has 0 spiro atoms. The van der Waals surface area contributed by atoms with Crippen LogP contribution in [0.4, 0.5) is 10.5 Å². The molecule has 0 aliphatic heterocycles. The number of carbonyl (C=O) groups excluding carboxylic acids is 2. The van der Waals surface area contributed by atoms with E-state index in [0.717, 1.165) is 17.5 Å². The zero-order valence-corrected chi connectivity index (χ0v) is 14.6. The average molecular weight is 354 g/mol. The maximum absolute atomic E-state index is 12.3. The zero-order valence-electron chi connectivity index (χ0n) is 14.6. The number of hydrogen-bond donors (Lipinski definition) is 3. The Bertz CT molecular complexity index is 789. The highest BCUT2D eigenvalue weighted by molar-refractivity contribution is 5.92. The Hall–Kier alpha value is -2.86. The van der Waals surface area contributed by atoms with Crippen molar-refractivity contribution in [2.75, 3.05) is 11.9 Å². The fourth-order valence-corrected chi connectivity index (χ4v) is 3.02. The molecule has 2 atom stereocenters. The first-order chi connectivity index (χ1) is 12.6. The summed E-state index contributed by atoms with van der Waals surface area (Å²) in [7, 11) is 0. The van der Waals surface area contributed by atoms with E-state index in [-0.39, 0.29) is 5.97 Å². The highest BCUT2D eigenvalue weighted by Gasteiger charge is 2.31. The molecule has 0 radical (unpaired) electrons. The third-order valence-corrected chi connectivity index (χ3v) is 4.31. The van der Waals surface area contributed by atoms with Crippen molar-refractivity contribution in [1.82, 2.24) is 5.32 Å². The molecule has 0 heterocycles. The summed E-state index contributed by atoms with van der Waals surface area (Å²) >= 11 is 0. The van der Waals surface area contributed by atoms with Crippen molar-refractivity contribution in [1.29, 1.82) is 0 Å². The van der Waals surface area contributed by atoms with Crippen molar-refractivity contribution < 1.29 is 19.4 Å². The second kappa shape index (κ2) is 8.01. The fourth-order valence-electron chi connectivity index (χ4n) is 3.02. The number of rotatable bonds is 5. The van der Waals surface area contributed by atoms with Crippen LogP contribution in [0.15, 0.2) is 48.5 Å². The summed E-state index contributed by atoms with van der Waals surface area (Å²) < 4.78 is 5.07. The SMILES string of the molecule is CCCOC(=O)c1ccc(NC(=O)N[C@@H]2c3ccccc3C[C@@H]2O)cc1. The molecule has 2 aromatic carbocycles. The summed E-state index contributed by atoms with van der Waals surface area (Å²) in [4.78, 5) is 24.0. The molecule has 0 aromatic heterocycles. The van der Waals surface area contributed by atoms with Gasteiger partial charge < -0.3 is 20.5 Å². The van der Waals surface area contributed by atoms with Gasteiger partial charge in [0.2, 0.25) is 0 Å². The normalized spacial score (nSPS) is 18.1. The van der Waals surface area contributed by atoms with Gasteiger partial charge in [-0.25, -0.2) is 9.59 Å². The molecule has 2 aromatic rings. The number of hydrogen-bond acceptors (Lipinski definition) is 4. The largest absolute Gasteiger partial charge is 0.462 e. The first-order valence-corrected chi connectivity index (χ1v) is 8.69. The zero-order chi connectivity index (χ0) is 18.5. The van der Waals surface area contributed by atoms with Gasteiger partial charge in [0, 0.05) is 12.1 Å². The lowest BCUT2D eigenvalue weighted by Gasteiger charge is -2.18. The molecule has 0 saturated carbocycles. The molecular formula is C20H22N2O4. The lowest BCUT2D eigenvalue weighted by atomic mass is 10.1. The third kappa shape index (κ3) is 4.03. The molecule has 0 unspecified atom stereocenters. The van der Waals surface area contributed by atoms with Crippen LogP contribution in [0.2, 0.25) is 0 Å². The van der Waals surface area contributed by atoms with E-state index in [1.54, 1.807) is 24.3 Å². The molecule has 2 amide bonds. The Morgan fingerprint density at radius 2 is 1.88 bits per heavy atom. The van der Waals surface area contributed by atoms with Gasteiger partial charge in [0.15, 0.2) is 0 Å². The standard InChI is InChI=1S/C20H22N2O4/c1-2-11-26-19(24)13-7-9-15(10-8-13)21-20(25)22-18-16-6-4-3-5-14(16)12-17(18)23/h3-10,17-18,23H,2,11-12H2,1H3,(H2,21,22,25)/t17-,18+/m0/s1. The number of aliphatic hydroxyl groups is 1. The number of anilines is 1. The predicted molar refractivity (Wildman–Crippen MR) is 98.1 cm³/mol. The molecule has 1 aliphatic carbocycles. The van der Waals surface area contributed by atoms with Crippen LogP contribution in [-0.2, 0) is 11.2 Å². The summed E-state index contributed by atoms with van der Waals surface area (Å²) in [5.41, 5.74) is 2.96. The van der Waals surface area contributed by atoms with Gasteiger partial charge >= 0.3 is 12.0 Å². The number of benzene rings is 2. The van der Waals surface area contributed by atoms with Crippen molar-refractivity contribution in [3.63, 3.8) is 0 Å². The van der Waals surface area contributed by atoms with Crippen LogP contribution in [0.1, 0.15) is 40.9 Å². The first kappa shape index (κ1) is 17.9. The number of esters is 1. The Labute approximate surface area is 152 Å². The van der Waals surface area contributed by atoms with E-state index in [4.69, 9.17) is 4.74 Å². The molecule has 0 fully saturated rings. The van der Waals surface area contributed by atoms with E-state index in [9.17, 15) is 14.7 Å². The molecule has 6 heteroatoms. The van der Waals surface area contributed by atoms with Gasteiger partial charge in [-0.2, -0.15) is 0 Å². The third-order valence-electron chi connectivity index (χ3n) is 4.31. The number of fused-ring (bicyclic) bond motifs is 1. The minimum absolute atomic E-state index is 0.381. The number of ether oxygens (including phenoxy) is 1. The number of urea groups is 1. The van der Waals surface area contributed by atoms with Gasteiger partial charge in [0.25, 0.3) is 0 Å².